The van der Waals surface area contributed by atoms with Gasteiger partial charge in [-0.05, 0) is 24.1 Å². The van der Waals surface area contributed by atoms with Gasteiger partial charge >= 0.3 is 0 Å². The fourth-order valence-electron chi connectivity index (χ4n) is 2.79. The van der Waals surface area contributed by atoms with Crippen molar-refractivity contribution < 1.29 is 9.21 Å². The van der Waals surface area contributed by atoms with Crippen molar-refractivity contribution in [3.05, 3.63) is 65.9 Å². The highest BCUT2D eigenvalue weighted by Gasteiger charge is 2.16. The molecule has 0 aliphatic rings. The molecule has 1 amide bonds. The first-order chi connectivity index (χ1) is 13.7. The molecule has 1 N–H and O–H groups in total. The zero-order valence-corrected chi connectivity index (χ0v) is 17.0. The third-order valence-electron chi connectivity index (χ3n) is 4.32. The summed E-state index contributed by atoms with van der Waals surface area (Å²) in [6.07, 6.45) is 4.84. The fraction of sp³-hybridized carbons (Fsp3) is 0.381. The van der Waals surface area contributed by atoms with E-state index in [0.29, 0.717) is 25.9 Å². The monoisotopic (exact) mass is 398 g/mol. The minimum Gasteiger partial charge on any atom is -0.467 e. The van der Waals surface area contributed by atoms with Gasteiger partial charge in [0, 0.05) is 37.5 Å². The molecule has 1 aromatic carbocycles. The maximum Gasteiger partial charge on any atom is 0.221 e. The molecule has 6 nitrogen and oxygen atoms in total. The Morgan fingerprint density at radius 1 is 1.21 bits per heavy atom. The topological polar surface area (TPSA) is 71.3 Å². The number of furan rings is 1. The van der Waals surface area contributed by atoms with Crippen LogP contribution >= 0.6 is 11.5 Å². The van der Waals surface area contributed by atoms with Crippen LogP contribution in [0.3, 0.4) is 0 Å². The zero-order valence-electron chi connectivity index (χ0n) is 16.1. The Kier molecular flexibility index (Phi) is 7.61. The third-order valence-corrected chi connectivity index (χ3v) is 5.14. The van der Waals surface area contributed by atoms with Gasteiger partial charge in [0.25, 0.3) is 0 Å². The summed E-state index contributed by atoms with van der Waals surface area (Å²) in [7, 11) is 0. The van der Waals surface area contributed by atoms with Crippen molar-refractivity contribution >= 4 is 22.6 Å². The first-order valence-electron chi connectivity index (χ1n) is 9.65. The second-order valence-corrected chi connectivity index (χ2v) is 7.34. The van der Waals surface area contributed by atoms with Crippen LogP contribution in [0.5, 0.6) is 0 Å². The van der Waals surface area contributed by atoms with Crippen LogP contribution in [0.15, 0.2) is 53.1 Å². The number of carbonyl (C=O) groups is 1. The Balaban J connectivity index is 1.64. The molecule has 0 aliphatic carbocycles. The highest BCUT2D eigenvalue weighted by Crippen LogP contribution is 2.21. The third kappa shape index (κ3) is 6.20. The molecule has 2 aromatic heterocycles. The fourth-order valence-corrected chi connectivity index (χ4v) is 3.50. The maximum absolute atomic E-state index is 12.1. The second kappa shape index (κ2) is 10.6. The predicted molar refractivity (Wildman–Crippen MR) is 111 cm³/mol. The molecule has 2 heterocycles. The molecule has 0 radical (unpaired) electrons. The number of rotatable bonds is 11. The second-order valence-electron chi connectivity index (χ2n) is 6.61. The standard InChI is InChI=1S/C21H26N4O2S/c1-2-3-12-22-20(26)11-13-25(16-18-10-7-14-27-18)21-23-19(24-28-21)15-17-8-5-4-6-9-17/h4-10,14H,2-3,11-13,15-16H2,1H3,(H,22,26). The number of amides is 1. The average molecular weight is 399 g/mol. The zero-order chi connectivity index (χ0) is 19.6. The highest BCUT2D eigenvalue weighted by molar-refractivity contribution is 7.09. The number of nitrogens with zero attached hydrogens (tertiary/aromatic N) is 3. The van der Waals surface area contributed by atoms with Crippen LogP contribution in [-0.2, 0) is 17.8 Å². The molecule has 0 saturated carbocycles. The smallest absolute Gasteiger partial charge is 0.221 e. The van der Waals surface area contributed by atoms with Crippen LogP contribution in [0.4, 0.5) is 5.13 Å². The van der Waals surface area contributed by atoms with E-state index in [9.17, 15) is 4.79 Å². The van der Waals surface area contributed by atoms with E-state index in [2.05, 4.69) is 33.6 Å². The van der Waals surface area contributed by atoms with Gasteiger partial charge in [-0.25, -0.2) is 4.98 Å². The minimum absolute atomic E-state index is 0.0620. The summed E-state index contributed by atoms with van der Waals surface area (Å²) < 4.78 is 10.00. The summed E-state index contributed by atoms with van der Waals surface area (Å²) in [5.74, 6) is 1.70. The van der Waals surface area contributed by atoms with Crippen LogP contribution in [0.25, 0.3) is 0 Å². The molecule has 0 unspecified atom stereocenters. The summed E-state index contributed by atoms with van der Waals surface area (Å²) in [5.41, 5.74) is 1.18. The molecular weight excluding hydrogens is 372 g/mol. The molecule has 0 atom stereocenters. The van der Waals surface area contributed by atoms with Gasteiger partial charge < -0.3 is 14.6 Å². The number of benzene rings is 1. The number of carbonyl (C=O) groups excluding carboxylic acids is 1. The van der Waals surface area contributed by atoms with E-state index < -0.39 is 0 Å². The van der Waals surface area contributed by atoms with E-state index in [1.54, 1.807) is 6.26 Å². The van der Waals surface area contributed by atoms with Gasteiger partial charge in [-0.1, -0.05) is 43.7 Å². The Morgan fingerprint density at radius 3 is 2.82 bits per heavy atom. The van der Waals surface area contributed by atoms with Gasteiger partial charge in [-0.3, -0.25) is 4.79 Å². The summed E-state index contributed by atoms with van der Waals surface area (Å²) in [4.78, 5) is 18.9. The minimum atomic E-state index is 0.0620. The molecule has 3 aromatic rings. The van der Waals surface area contributed by atoms with Gasteiger partial charge in [0.05, 0.1) is 12.8 Å². The van der Waals surface area contributed by atoms with Crippen LogP contribution in [-0.4, -0.2) is 28.4 Å². The number of aromatic nitrogens is 2. The molecule has 148 valence electrons. The lowest BCUT2D eigenvalue weighted by Gasteiger charge is -2.20. The molecular formula is C21H26N4O2S. The summed E-state index contributed by atoms with van der Waals surface area (Å²) in [6, 6.07) is 14.0. The largest absolute Gasteiger partial charge is 0.467 e. The lowest BCUT2D eigenvalue weighted by molar-refractivity contribution is -0.120. The van der Waals surface area contributed by atoms with E-state index in [-0.39, 0.29) is 5.91 Å². The van der Waals surface area contributed by atoms with Gasteiger partial charge in [-0.15, -0.1) is 0 Å². The Hall–Kier alpha value is -2.67. The van der Waals surface area contributed by atoms with Crippen LogP contribution < -0.4 is 10.2 Å². The molecule has 0 aliphatic heterocycles. The van der Waals surface area contributed by atoms with Gasteiger partial charge in [0.1, 0.15) is 11.6 Å². The van der Waals surface area contributed by atoms with E-state index >= 15 is 0 Å². The molecule has 3 rings (SSSR count). The highest BCUT2D eigenvalue weighted by atomic mass is 32.1. The predicted octanol–water partition coefficient (Wildman–Crippen LogP) is 4.03. The first kappa shape index (κ1) is 20.1. The van der Waals surface area contributed by atoms with Gasteiger partial charge in [-0.2, -0.15) is 4.37 Å². The van der Waals surface area contributed by atoms with Crippen molar-refractivity contribution in [1.29, 1.82) is 0 Å². The lowest BCUT2D eigenvalue weighted by atomic mass is 10.1. The number of anilines is 1. The molecule has 0 bridgehead atoms. The number of nitrogens with one attached hydrogen (secondary N) is 1. The Morgan fingerprint density at radius 2 is 2.07 bits per heavy atom. The molecule has 7 heteroatoms. The average Bonchev–Trinajstić information content (AvgIpc) is 3.38. The quantitative estimate of drug-likeness (QED) is 0.494. The summed E-state index contributed by atoms with van der Waals surface area (Å²) >= 11 is 1.36. The molecule has 0 saturated heterocycles. The van der Waals surface area contributed by atoms with Crippen molar-refractivity contribution in [2.24, 2.45) is 0 Å². The number of unbranched alkanes of at least 4 members (excludes halogenated alkanes) is 1. The van der Waals surface area contributed by atoms with Crippen molar-refractivity contribution in [2.45, 2.75) is 39.2 Å². The first-order valence-corrected chi connectivity index (χ1v) is 10.4. The lowest BCUT2D eigenvalue weighted by Crippen LogP contribution is -2.31. The van der Waals surface area contributed by atoms with Crippen LogP contribution in [0, 0.1) is 0 Å². The van der Waals surface area contributed by atoms with Gasteiger partial charge in [0.2, 0.25) is 11.0 Å². The van der Waals surface area contributed by atoms with E-state index in [1.165, 1.54) is 17.1 Å². The Bertz CT molecular complexity index is 833. The molecule has 0 spiro atoms. The summed E-state index contributed by atoms with van der Waals surface area (Å²) in [5, 5.41) is 3.77. The van der Waals surface area contributed by atoms with E-state index in [0.717, 1.165) is 36.1 Å². The van der Waals surface area contributed by atoms with Crippen LogP contribution in [0.2, 0.25) is 0 Å². The van der Waals surface area contributed by atoms with E-state index in [4.69, 9.17) is 9.40 Å². The molecule has 28 heavy (non-hydrogen) atoms. The van der Waals surface area contributed by atoms with Crippen molar-refractivity contribution in [1.82, 2.24) is 14.7 Å². The Labute approximate surface area is 169 Å². The normalized spacial score (nSPS) is 10.8. The van der Waals surface area contributed by atoms with Crippen molar-refractivity contribution in [3.8, 4) is 0 Å². The van der Waals surface area contributed by atoms with Crippen molar-refractivity contribution in [2.75, 3.05) is 18.0 Å². The van der Waals surface area contributed by atoms with E-state index in [1.807, 2.05) is 30.3 Å². The van der Waals surface area contributed by atoms with Gasteiger partial charge in [0.15, 0.2) is 0 Å². The molecule has 0 fully saturated rings. The van der Waals surface area contributed by atoms with Crippen molar-refractivity contribution in [3.63, 3.8) is 0 Å². The summed E-state index contributed by atoms with van der Waals surface area (Å²) in [6.45, 7) is 3.97. The van der Waals surface area contributed by atoms with Crippen LogP contribution in [0.1, 0.15) is 43.3 Å². The number of hydrogen-bond acceptors (Lipinski definition) is 6. The maximum atomic E-state index is 12.1. The number of hydrogen-bond donors (Lipinski definition) is 1. The SMILES string of the molecule is CCCCNC(=O)CCN(Cc1ccco1)c1nc(Cc2ccccc2)ns1.